The second kappa shape index (κ2) is 6.49. The molecule has 0 radical (unpaired) electrons. The van der Waals surface area contributed by atoms with Gasteiger partial charge in [0.15, 0.2) is 0 Å². The second-order valence-electron chi connectivity index (χ2n) is 5.16. The number of esters is 1. The molecule has 0 aliphatic rings. The summed E-state index contributed by atoms with van der Waals surface area (Å²) in [5.74, 6) is 0.703. The third kappa shape index (κ3) is 3.66. The molecule has 0 spiro atoms. The van der Waals surface area contributed by atoms with Crippen molar-refractivity contribution in [2.75, 3.05) is 26.4 Å². The maximum Gasteiger partial charge on any atom is 0.309 e. The van der Waals surface area contributed by atoms with E-state index >= 15 is 0 Å². The van der Waals surface area contributed by atoms with Gasteiger partial charge in [-0.1, -0.05) is 19.1 Å². The van der Waals surface area contributed by atoms with E-state index in [0.717, 1.165) is 10.9 Å². The minimum atomic E-state index is -0.221. The van der Waals surface area contributed by atoms with E-state index in [-0.39, 0.29) is 11.9 Å². The number of benzene rings is 1. The number of carbonyl (C=O) groups is 1. The third-order valence-electron chi connectivity index (χ3n) is 3.28. The predicted octanol–water partition coefficient (Wildman–Crippen LogP) is 1.45. The van der Waals surface area contributed by atoms with Gasteiger partial charge in [-0.15, -0.1) is 0 Å². The van der Waals surface area contributed by atoms with E-state index in [9.17, 15) is 4.79 Å². The molecule has 1 atom stereocenters. The number of fused-ring (bicyclic) bond motifs is 1. The molecule has 0 saturated heterocycles. The van der Waals surface area contributed by atoms with Crippen LogP contribution in [0, 0.1) is 5.92 Å². The van der Waals surface area contributed by atoms with Crippen molar-refractivity contribution in [1.82, 2.24) is 14.9 Å². The zero-order chi connectivity index (χ0) is 15.4. The Hall–Kier alpha value is -2.21. The van der Waals surface area contributed by atoms with Gasteiger partial charge in [0.2, 0.25) is 0 Å². The van der Waals surface area contributed by atoms with Gasteiger partial charge < -0.3 is 10.5 Å². The van der Waals surface area contributed by atoms with E-state index in [1.807, 2.05) is 43.1 Å². The zero-order valence-electron chi connectivity index (χ0n) is 12.5. The maximum absolute atomic E-state index is 11.4. The molecule has 21 heavy (non-hydrogen) atoms. The molecule has 6 heteroatoms. The van der Waals surface area contributed by atoms with Gasteiger partial charge >= 0.3 is 5.97 Å². The average molecular weight is 288 g/mol. The summed E-state index contributed by atoms with van der Waals surface area (Å²) in [4.78, 5) is 22.2. The van der Waals surface area contributed by atoms with Crippen LogP contribution in [0.4, 0.5) is 5.82 Å². The monoisotopic (exact) mass is 288 g/mol. The fourth-order valence-corrected chi connectivity index (χ4v) is 2.27. The molecule has 2 aromatic rings. The third-order valence-corrected chi connectivity index (χ3v) is 3.28. The molecular formula is C15H20N4O2. The normalized spacial score (nSPS) is 12.6. The number of rotatable bonds is 5. The molecule has 1 aromatic heterocycles. The number of nitrogens with two attached hydrogens (primary N) is 1. The Balaban J connectivity index is 2.11. The summed E-state index contributed by atoms with van der Waals surface area (Å²) >= 11 is 0. The Morgan fingerprint density at radius 1 is 1.38 bits per heavy atom. The van der Waals surface area contributed by atoms with E-state index in [1.54, 1.807) is 0 Å². The maximum atomic E-state index is 11.4. The molecule has 0 aliphatic carbocycles. The standard InChI is InChI=1S/C15H20N4O2/c1-10(15(20)21-3)8-19(2)9-13-17-12-7-5-4-6-11(12)14(16)18-13/h4-7,10H,8-9H2,1-3H3,(H2,16,17,18). The molecule has 1 unspecified atom stereocenters. The van der Waals surface area contributed by atoms with Gasteiger partial charge in [0.25, 0.3) is 0 Å². The first-order valence-corrected chi connectivity index (χ1v) is 6.78. The van der Waals surface area contributed by atoms with Crippen LogP contribution in [0.25, 0.3) is 10.9 Å². The van der Waals surface area contributed by atoms with E-state index in [0.29, 0.717) is 24.7 Å². The number of methoxy groups -OCH3 is 1. The van der Waals surface area contributed by atoms with Gasteiger partial charge in [-0.25, -0.2) is 9.97 Å². The van der Waals surface area contributed by atoms with Gasteiger partial charge in [0, 0.05) is 11.9 Å². The lowest BCUT2D eigenvalue weighted by Gasteiger charge is -2.19. The molecule has 112 valence electrons. The lowest BCUT2D eigenvalue weighted by molar-refractivity contribution is -0.145. The Morgan fingerprint density at radius 2 is 2.10 bits per heavy atom. The van der Waals surface area contributed by atoms with Crippen molar-refractivity contribution >= 4 is 22.7 Å². The molecule has 2 rings (SSSR count). The fourth-order valence-electron chi connectivity index (χ4n) is 2.27. The number of aromatic nitrogens is 2. The van der Waals surface area contributed by atoms with E-state index in [4.69, 9.17) is 10.5 Å². The highest BCUT2D eigenvalue weighted by Crippen LogP contribution is 2.17. The molecule has 0 bridgehead atoms. The first-order chi connectivity index (χ1) is 10.0. The van der Waals surface area contributed by atoms with Crippen LogP contribution in [0.2, 0.25) is 0 Å². The van der Waals surface area contributed by atoms with Crippen LogP contribution in [0.3, 0.4) is 0 Å². The first-order valence-electron chi connectivity index (χ1n) is 6.78. The number of carbonyl (C=O) groups excluding carboxylic acids is 1. The van der Waals surface area contributed by atoms with Crippen LogP contribution in [-0.2, 0) is 16.1 Å². The van der Waals surface area contributed by atoms with Gasteiger partial charge in [0.05, 0.1) is 25.1 Å². The molecule has 6 nitrogen and oxygen atoms in total. The van der Waals surface area contributed by atoms with Crippen molar-refractivity contribution in [1.29, 1.82) is 0 Å². The quantitative estimate of drug-likeness (QED) is 0.839. The van der Waals surface area contributed by atoms with E-state index < -0.39 is 0 Å². The summed E-state index contributed by atoms with van der Waals surface area (Å²) in [5, 5.41) is 0.854. The van der Waals surface area contributed by atoms with Crippen molar-refractivity contribution in [3.8, 4) is 0 Å². The molecule has 2 N–H and O–H groups in total. The van der Waals surface area contributed by atoms with E-state index in [1.165, 1.54) is 7.11 Å². The number of nitrogen functional groups attached to an aromatic ring is 1. The number of hydrogen-bond donors (Lipinski definition) is 1. The topological polar surface area (TPSA) is 81.3 Å². The van der Waals surface area contributed by atoms with Crippen LogP contribution >= 0.6 is 0 Å². The first kappa shape index (κ1) is 15.2. The summed E-state index contributed by atoms with van der Waals surface area (Å²) in [6, 6.07) is 7.64. The number of para-hydroxylation sites is 1. The van der Waals surface area contributed by atoms with Crippen molar-refractivity contribution < 1.29 is 9.53 Å². The summed E-state index contributed by atoms with van der Waals surface area (Å²) in [6.07, 6.45) is 0. The van der Waals surface area contributed by atoms with Crippen LogP contribution in [-0.4, -0.2) is 41.5 Å². The van der Waals surface area contributed by atoms with Crippen LogP contribution in [0.5, 0.6) is 0 Å². The smallest absolute Gasteiger partial charge is 0.309 e. The molecule has 0 aliphatic heterocycles. The van der Waals surface area contributed by atoms with Crippen LogP contribution in [0.15, 0.2) is 24.3 Å². The van der Waals surface area contributed by atoms with E-state index in [2.05, 4.69) is 9.97 Å². The predicted molar refractivity (Wildman–Crippen MR) is 81.5 cm³/mol. The zero-order valence-corrected chi connectivity index (χ0v) is 12.5. The Morgan fingerprint density at radius 3 is 2.81 bits per heavy atom. The van der Waals surface area contributed by atoms with Crippen molar-refractivity contribution in [3.05, 3.63) is 30.1 Å². The molecule has 1 aromatic carbocycles. The van der Waals surface area contributed by atoms with Crippen molar-refractivity contribution in [3.63, 3.8) is 0 Å². The SMILES string of the molecule is COC(=O)C(C)CN(C)Cc1nc(N)c2ccccc2n1. The molecular weight excluding hydrogens is 268 g/mol. The van der Waals surface area contributed by atoms with Gasteiger partial charge in [-0.05, 0) is 19.2 Å². The lowest BCUT2D eigenvalue weighted by atomic mass is 10.2. The highest BCUT2D eigenvalue weighted by molar-refractivity contribution is 5.87. The van der Waals surface area contributed by atoms with Gasteiger partial charge in [-0.2, -0.15) is 0 Å². The Kier molecular flexibility index (Phi) is 4.70. The summed E-state index contributed by atoms with van der Waals surface area (Å²) in [7, 11) is 3.31. The summed E-state index contributed by atoms with van der Waals surface area (Å²) in [6.45, 7) is 2.93. The number of nitrogens with zero attached hydrogens (tertiary/aromatic N) is 3. The second-order valence-corrected chi connectivity index (χ2v) is 5.16. The minimum Gasteiger partial charge on any atom is -0.469 e. The number of ether oxygens (including phenoxy) is 1. The average Bonchev–Trinajstić information content (AvgIpc) is 2.46. The molecule has 0 saturated carbocycles. The molecule has 1 heterocycles. The summed E-state index contributed by atoms with van der Waals surface area (Å²) < 4.78 is 4.72. The minimum absolute atomic E-state index is 0.196. The number of anilines is 1. The highest BCUT2D eigenvalue weighted by Gasteiger charge is 2.16. The van der Waals surface area contributed by atoms with Crippen LogP contribution < -0.4 is 5.73 Å². The fraction of sp³-hybridized carbons (Fsp3) is 0.400. The van der Waals surface area contributed by atoms with Crippen LogP contribution in [0.1, 0.15) is 12.7 Å². The van der Waals surface area contributed by atoms with Crippen molar-refractivity contribution in [2.24, 2.45) is 5.92 Å². The molecule has 0 amide bonds. The number of hydrogen-bond acceptors (Lipinski definition) is 6. The lowest BCUT2D eigenvalue weighted by Crippen LogP contribution is -2.29. The van der Waals surface area contributed by atoms with Crippen molar-refractivity contribution in [2.45, 2.75) is 13.5 Å². The van der Waals surface area contributed by atoms with Gasteiger partial charge in [0.1, 0.15) is 11.6 Å². The Labute approximate surface area is 123 Å². The summed E-state index contributed by atoms with van der Waals surface area (Å²) in [5.41, 5.74) is 6.79. The van der Waals surface area contributed by atoms with Gasteiger partial charge in [-0.3, -0.25) is 9.69 Å². The highest BCUT2D eigenvalue weighted by atomic mass is 16.5. The molecule has 0 fully saturated rings. The Bertz CT molecular complexity index is 645. The largest absolute Gasteiger partial charge is 0.469 e.